The van der Waals surface area contributed by atoms with Crippen molar-refractivity contribution in [2.45, 2.75) is 92.8 Å². The number of carbonyl (C=O) groups excluding carboxylic acids is 5. The Kier molecular flexibility index (Phi) is 13.0. The second-order valence-corrected chi connectivity index (χ2v) is 15.0. The van der Waals surface area contributed by atoms with Gasteiger partial charge in [-0.3, -0.25) is 28.5 Å². The van der Waals surface area contributed by atoms with Gasteiger partial charge in [0.1, 0.15) is 18.0 Å². The Morgan fingerprint density at radius 1 is 0.672 bits per heavy atom. The monoisotopic (exact) mass is 836 g/mol. The highest BCUT2D eigenvalue weighted by molar-refractivity contribution is 5.98. The second-order valence-electron chi connectivity index (χ2n) is 15.0. The highest BCUT2D eigenvalue weighted by atomic mass is 16.6. The Bertz CT molecular complexity index is 2650. The van der Waals surface area contributed by atoms with E-state index in [0.717, 1.165) is 0 Å². The first-order chi connectivity index (χ1) is 29.0. The van der Waals surface area contributed by atoms with E-state index in [2.05, 4.69) is 20.2 Å². The SMILES string of the molecule is CCn1nc(C)cc1C(=O)N=c1n(C)c2cc(C(N)=O)ccc2n1CCC(CCn1c(=NC(=O)c2cc(C)nn2CC)n(C)c2cc(C(N)=O)ccc21)OCC(=O)OC(C)C. The van der Waals surface area contributed by atoms with Crippen LogP contribution in [0.15, 0.2) is 58.5 Å². The van der Waals surface area contributed by atoms with Crippen LogP contribution < -0.4 is 22.7 Å². The normalized spacial score (nSPS) is 12.9. The van der Waals surface area contributed by atoms with Crippen molar-refractivity contribution in [1.82, 2.24) is 37.8 Å². The van der Waals surface area contributed by atoms with E-state index in [9.17, 15) is 24.0 Å². The third-order valence-corrected chi connectivity index (χ3v) is 10.3. The quantitative estimate of drug-likeness (QED) is 0.136. The molecule has 0 fully saturated rings. The Labute approximate surface area is 350 Å². The third-order valence-electron chi connectivity index (χ3n) is 10.3. The Balaban J connectivity index is 1.42. The topological polar surface area (TPSA) is 236 Å². The number of nitrogens with zero attached hydrogens (tertiary/aromatic N) is 10. The standard InChI is InChI=1S/C42H52N12O7/c1-9-53-34(19-25(5)47-53)39(58)45-41-49(7)32-21-27(37(43)56)11-13-30(32)51(41)17-15-29(60-23-36(55)61-24(3)4)16-18-52-31-14-12-28(38(44)57)22-33(31)50(8)42(52)46-40(59)35-20-26(6)48-54(35)10-2/h11-14,19-22,24,29H,9-10,15-18,23H2,1-8H3,(H2,43,56)(H2,44,57). The number of esters is 1. The van der Waals surface area contributed by atoms with Crippen molar-refractivity contribution >= 4 is 51.7 Å². The van der Waals surface area contributed by atoms with Gasteiger partial charge in [0.2, 0.25) is 23.1 Å². The first-order valence-corrected chi connectivity index (χ1v) is 20.1. The number of nitrogens with two attached hydrogens (primary N) is 2. The van der Waals surface area contributed by atoms with E-state index >= 15 is 0 Å². The molecule has 6 rings (SSSR count). The highest BCUT2D eigenvalue weighted by Crippen LogP contribution is 2.20. The van der Waals surface area contributed by atoms with Crippen LogP contribution in [0, 0.1) is 13.8 Å². The molecule has 0 bridgehead atoms. The first kappa shape index (κ1) is 43.7. The van der Waals surface area contributed by atoms with Gasteiger partial charge in [-0.2, -0.15) is 20.2 Å². The van der Waals surface area contributed by atoms with Crippen LogP contribution in [0.25, 0.3) is 22.1 Å². The molecule has 0 radical (unpaired) electrons. The average molecular weight is 837 g/mol. The van der Waals surface area contributed by atoms with Gasteiger partial charge in [0.05, 0.1) is 45.7 Å². The number of hydrogen-bond donors (Lipinski definition) is 2. The van der Waals surface area contributed by atoms with Crippen molar-refractivity contribution in [3.8, 4) is 0 Å². The molecular formula is C42H52N12O7. The van der Waals surface area contributed by atoms with E-state index in [1.807, 2.05) is 23.0 Å². The summed E-state index contributed by atoms with van der Waals surface area (Å²) in [5.41, 5.74) is 17.0. The molecule has 4 N–H and O–H groups in total. The number of fused-ring (bicyclic) bond motifs is 2. The van der Waals surface area contributed by atoms with Crippen molar-refractivity contribution in [2.24, 2.45) is 35.5 Å². The predicted octanol–water partition coefficient (Wildman–Crippen LogP) is 2.82. The van der Waals surface area contributed by atoms with Crippen LogP contribution in [0.1, 0.15) is 93.6 Å². The maximum atomic E-state index is 13.8. The van der Waals surface area contributed by atoms with Crippen molar-refractivity contribution in [3.05, 3.63) is 93.7 Å². The summed E-state index contributed by atoms with van der Waals surface area (Å²) in [6, 6.07) is 13.4. The summed E-state index contributed by atoms with van der Waals surface area (Å²) < 4.78 is 22.0. The average Bonchev–Trinajstić information content (AvgIpc) is 3.94. The second kappa shape index (κ2) is 18.2. The Hall–Kier alpha value is -6.89. The van der Waals surface area contributed by atoms with E-state index in [4.69, 9.17) is 20.9 Å². The number of aromatic nitrogens is 8. The molecule has 4 amide bonds. The molecule has 4 heterocycles. The van der Waals surface area contributed by atoms with Gasteiger partial charge in [-0.1, -0.05) is 0 Å². The highest BCUT2D eigenvalue weighted by Gasteiger charge is 2.22. The van der Waals surface area contributed by atoms with Crippen molar-refractivity contribution in [2.75, 3.05) is 6.61 Å². The molecule has 0 atom stereocenters. The zero-order valence-electron chi connectivity index (χ0n) is 35.7. The summed E-state index contributed by atoms with van der Waals surface area (Å²) in [4.78, 5) is 73.9. The molecule has 61 heavy (non-hydrogen) atoms. The maximum absolute atomic E-state index is 13.8. The summed E-state index contributed by atoms with van der Waals surface area (Å²) >= 11 is 0. The van der Waals surface area contributed by atoms with Gasteiger partial charge in [-0.05, 0) is 103 Å². The zero-order valence-corrected chi connectivity index (χ0v) is 35.7. The van der Waals surface area contributed by atoms with E-state index in [1.165, 1.54) is 0 Å². The zero-order chi connectivity index (χ0) is 44.3. The summed E-state index contributed by atoms with van der Waals surface area (Å²) in [6.07, 6.45) is -0.320. The third kappa shape index (κ3) is 9.30. The fraction of sp³-hybridized carbons (Fsp3) is 0.405. The fourth-order valence-corrected chi connectivity index (χ4v) is 7.41. The molecule has 0 aliphatic carbocycles. The van der Waals surface area contributed by atoms with E-state index in [1.54, 1.807) is 109 Å². The van der Waals surface area contributed by atoms with Gasteiger partial charge in [0, 0.05) is 51.4 Å². The minimum atomic E-state index is -0.607. The van der Waals surface area contributed by atoms with Crippen molar-refractivity contribution in [1.29, 1.82) is 0 Å². The van der Waals surface area contributed by atoms with Crippen LogP contribution in [-0.4, -0.2) is 86.2 Å². The molecule has 322 valence electrons. The van der Waals surface area contributed by atoms with Crippen LogP contribution in [0.3, 0.4) is 0 Å². The number of primary amides is 2. The van der Waals surface area contributed by atoms with Gasteiger partial charge < -0.3 is 39.2 Å². The summed E-state index contributed by atoms with van der Waals surface area (Å²) in [6.45, 7) is 12.0. The number of rotatable bonds is 16. The lowest BCUT2D eigenvalue weighted by molar-refractivity contribution is -0.155. The van der Waals surface area contributed by atoms with Gasteiger partial charge in [0.15, 0.2) is 0 Å². The molecule has 0 saturated carbocycles. The molecule has 6 aromatic rings. The number of hydrogen-bond acceptors (Lipinski definition) is 9. The van der Waals surface area contributed by atoms with Crippen LogP contribution in [0.4, 0.5) is 0 Å². The lowest BCUT2D eigenvalue weighted by Gasteiger charge is -2.19. The minimum absolute atomic E-state index is 0.258. The van der Waals surface area contributed by atoms with Gasteiger partial charge >= 0.3 is 5.97 Å². The Morgan fingerprint density at radius 2 is 1.10 bits per heavy atom. The van der Waals surface area contributed by atoms with Crippen molar-refractivity contribution in [3.63, 3.8) is 0 Å². The van der Waals surface area contributed by atoms with Gasteiger partial charge in [-0.25, -0.2) is 4.79 Å². The number of ether oxygens (including phenoxy) is 2. The summed E-state index contributed by atoms with van der Waals surface area (Å²) in [7, 11) is 3.49. The molecule has 0 aliphatic heterocycles. The van der Waals surface area contributed by atoms with E-state index < -0.39 is 35.7 Å². The van der Waals surface area contributed by atoms with E-state index in [-0.39, 0.29) is 36.9 Å². The smallest absolute Gasteiger partial charge is 0.332 e. The van der Waals surface area contributed by atoms with Crippen LogP contribution >= 0.6 is 0 Å². The summed E-state index contributed by atoms with van der Waals surface area (Å²) in [5, 5.41) is 8.82. The molecule has 0 aliphatic rings. The molecular weight excluding hydrogens is 785 g/mol. The molecule has 19 heteroatoms. The van der Waals surface area contributed by atoms with Gasteiger partial charge in [0.25, 0.3) is 11.8 Å². The number of benzene rings is 2. The lowest BCUT2D eigenvalue weighted by atomic mass is 10.1. The van der Waals surface area contributed by atoms with E-state index in [0.29, 0.717) is 82.0 Å². The summed E-state index contributed by atoms with van der Waals surface area (Å²) in [5.74, 6) is -2.76. The van der Waals surface area contributed by atoms with Crippen LogP contribution in [0.5, 0.6) is 0 Å². The maximum Gasteiger partial charge on any atom is 0.332 e. The number of imidazole rings is 2. The van der Waals surface area contributed by atoms with Crippen LogP contribution in [-0.2, 0) is 54.5 Å². The molecule has 0 unspecified atom stereocenters. The number of amides is 4. The van der Waals surface area contributed by atoms with Crippen LogP contribution in [0.2, 0.25) is 0 Å². The number of carbonyl (C=O) groups is 5. The largest absolute Gasteiger partial charge is 0.461 e. The number of aryl methyl sites for hydroxylation is 8. The van der Waals surface area contributed by atoms with Crippen molar-refractivity contribution < 1.29 is 33.4 Å². The lowest BCUT2D eigenvalue weighted by Crippen LogP contribution is -2.31. The molecule has 0 saturated heterocycles. The molecule has 4 aromatic heterocycles. The first-order valence-electron chi connectivity index (χ1n) is 20.1. The minimum Gasteiger partial charge on any atom is -0.461 e. The Morgan fingerprint density at radius 3 is 1.48 bits per heavy atom. The fourth-order valence-electron chi connectivity index (χ4n) is 7.41. The van der Waals surface area contributed by atoms with Gasteiger partial charge in [-0.15, -0.1) is 0 Å². The molecule has 2 aromatic carbocycles. The predicted molar refractivity (Wildman–Crippen MR) is 224 cm³/mol. The molecule has 19 nitrogen and oxygen atoms in total. The molecule has 0 spiro atoms.